The molecule has 2 bridgehead atoms. The third kappa shape index (κ3) is 5.64. The molecule has 0 radical (unpaired) electrons. The fourth-order valence-electron chi connectivity index (χ4n) is 4.18. The molecule has 1 fully saturated rings. The lowest BCUT2D eigenvalue weighted by molar-refractivity contribution is 0.00814. The Kier molecular flexibility index (Phi) is 6.78. The number of nitrogens with zero attached hydrogens (tertiary/aromatic N) is 3. The number of ether oxygens (including phenoxy) is 1. The van der Waals surface area contributed by atoms with Crippen molar-refractivity contribution >= 4 is 16.2 Å². The molecule has 0 aromatic carbocycles. The lowest BCUT2D eigenvalue weighted by atomic mass is 9.95. The summed E-state index contributed by atoms with van der Waals surface area (Å²) in [6.45, 7) is 2.81. The van der Waals surface area contributed by atoms with Crippen molar-refractivity contribution in [3.05, 3.63) is 11.3 Å². The van der Waals surface area contributed by atoms with E-state index >= 15 is 0 Å². The molecule has 176 valence electrons. The van der Waals surface area contributed by atoms with E-state index in [1.807, 2.05) is 20.8 Å². The van der Waals surface area contributed by atoms with Gasteiger partial charge in [0.15, 0.2) is 0 Å². The van der Waals surface area contributed by atoms with Gasteiger partial charge in [-0.25, -0.2) is 9.48 Å². The highest BCUT2D eigenvalue weighted by Gasteiger charge is 2.41. The van der Waals surface area contributed by atoms with E-state index in [1.165, 1.54) is 0 Å². The molecular formula is C19H28F3N3O5S. The predicted molar refractivity (Wildman–Crippen MR) is 105 cm³/mol. The molecule has 8 nitrogen and oxygen atoms in total. The minimum absolute atomic E-state index is 0.0740. The van der Waals surface area contributed by atoms with Crippen LogP contribution in [-0.2, 0) is 27.7 Å². The zero-order chi connectivity index (χ0) is 23.0. The van der Waals surface area contributed by atoms with E-state index in [4.69, 9.17) is 14.0 Å². The van der Waals surface area contributed by atoms with Gasteiger partial charge in [-0.1, -0.05) is 0 Å². The second-order valence-corrected chi connectivity index (χ2v) is 10.7. The van der Waals surface area contributed by atoms with E-state index < -0.39 is 27.6 Å². The molecule has 2 unspecified atom stereocenters. The average molecular weight is 468 g/mol. The van der Waals surface area contributed by atoms with E-state index in [0.29, 0.717) is 44.7 Å². The molecule has 1 saturated carbocycles. The van der Waals surface area contributed by atoms with Crippen molar-refractivity contribution in [3.8, 4) is 5.88 Å². The van der Waals surface area contributed by atoms with Crippen molar-refractivity contribution in [2.24, 2.45) is 0 Å². The lowest BCUT2D eigenvalue weighted by Gasteiger charge is -2.26. The first-order valence-electron chi connectivity index (χ1n) is 10.3. The fourth-order valence-corrected chi connectivity index (χ4v) is 5.62. The van der Waals surface area contributed by atoms with Gasteiger partial charge >= 0.3 is 22.9 Å². The second-order valence-electron chi connectivity index (χ2n) is 8.91. The molecule has 3 aliphatic rings. The third-order valence-electron chi connectivity index (χ3n) is 5.49. The van der Waals surface area contributed by atoms with Crippen molar-refractivity contribution in [1.82, 2.24) is 14.7 Å². The van der Waals surface area contributed by atoms with Gasteiger partial charge in [-0.15, -0.1) is 0 Å². The van der Waals surface area contributed by atoms with Crippen LogP contribution in [0.15, 0.2) is 0 Å². The summed E-state index contributed by atoms with van der Waals surface area (Å²) in [7, 11) is -3.64. The predicted octanol–water partition coefficient (Wildman–Crippen LogP) is 3.60. The number of hydrogen-bond donors (Lipinski definition) is 0. The van der Waals surface area contributed by atoms with Crippen molar-refractivity contribution < 1.29 is 35.3 Å². The summed E-state index contributed by atoms with van der Waals surface area (Å²) in [5.74, 6) is 0.366. The summed E-state index contributed by atoms with van der Waals surface area (Å²) in [6, 6.07) is 0.0740. The molecule has 4 rings (SSSR count). The van der Waals surface area contributed by atoms with E-state index in [1.54, 1.807) is 9.58 Å². The molecule has 1 aromatic heterocycles. The molecule has 12 heteroatoms. The SMILES string of the molecule is CC(C)(C)OC(=O)N1CCc2nn3c(c2CC1)OS(=O)(=O)C1CCCC3C1.FC(F)F. The maximum absolute atomic E-state index is 12.6. The number of amides is 1. The first kappa shape index (κ1) is 23.7. The largest absolute Gasteiger partial charge is 0.444 e. The zero-order valence-electron chi connectivity index (χ0n) is 17.8. The van der Waals surface area contributed by atoms with E-state index in [0.717, 1.165) is 24.1 Å². The molecule has 0 saturated heterocycles. The normalized spacial score (nSPS) is 24.5. The first-order chi connectivity index (χ1) is 14.4. The Bertz CT molecular complexity index is 911. The summed E-state index contributed by atoms with van der Waals surface area (Å²) in [4.78, 5) is 14.0. The lowest BCUT2D eigenvalue weighted by Crippen LogP contribution is -2.38. The number of aromatic nitrogens is 2. The van der Waals surface area contributed by atoms with Crippen LogP contribution in [0, 0.1) is 0 Å². The quantitative estimate of drug-likeness (QED) is 0.542. The standard InChI is InChI=1S/C18H27N3O5S.CHF3/c1-18(2,3)25-17(22)20-9-7-14-15(8-10-20)19-21-12-5-4-6-13(11-12)27(23,24)26-16(14)21;2-1(3)4/h12-13H,4-11H2,1-3H3;1H. The van der Waals surface area contributed by atoms with E-state index in [2.05, 4.69) is 0 Å². The maximum atomic E-state index is 12.6. The monoisotopic (exact) mass is 467 g/mol. The number of hydrogen-bond acceptors (Lipinski definition) is 6. The van der Waals surface area contributed by atoms with Crippen LogP contribution in [0.25, 0.3) is 0 Å². The van der Waals surface area contributed by atoms with Gasteiger partial charge in [-0.2, -0.15) is 26.7 Å². The highest BCUT2D eigenvalue weighted by Crippen LogP contribution is 2.41. The molecule has 31 heavy (non-hydrogen) atoms. The van der Waals surface area contributed by atoms with Gasteiger partial charge in [0.1, 0.15) is 5.60 Å². The molecule has 1 aliphatic carbocycles. The highest BCUT2D eigenvalue weighted by molar-refractivity contribution is 7.87. The van der Waals surface area contributed by atoms with Gasteiger partial charge in [0.2, 0.25) is 5.88 Å². The molecule has 2 aliphatic heterocycles. The highest BCUT2D eigenvalue weighted by atomic mass is 32.2. The Balaban J connectivity index is 0.000000628. The van der Waals surface area contributed by atoms with Gasteiger partial charge < -0.3 is 13.8 Å². The number of carbonyl (C=O) groups excluding carboxylic acids is 1. The van der Waals surface area contributed by atoms with Gasteiger partial charge in [0.05, 0.1) is 17.0 Å². The Morgan fingerprint density at radius 3 is 2.48 bits per heavy atom. The number of halogens is 3. The minimum Gasteiger partial charge on any atom is -0.444 e. The molecular weight excluding hydrogens is 439 g/mol. The number of rotatable bonds is 0. The topological polar surface area (TPSA) is 90.7 Å². The van der Waals surface area contributed by atoms with Gasteiger partial charge in [-0.3, -0.25) is 0 Å². The van der Waals surface area contributed by atoms with Crippen LogP contribution in [0.3, 0.4) is 0 Å². The van der Waals surface area contributed by atoms with Crippen molar-refractivity contribution in [1.29, 1.82) is 0 Å². The summed E-state index contributed by atoms with van der Waals surface area (Å²) < 4.78 is 67.1. The van der Waals surface area contributed by atoms with Crippen LogP contribution in [0.1, 0.15) is 63.8 Å². The molecule has 0 N–H and O–H groups in total. The molecule has 1 aromatic rings. The molecule has 3 heterocycles. The first-order valence-corrected chi connectivity index (χ1v) is 11.8. The van der Waals surface area contributed by atoms with Gasteiger partial charge in [0.25, 0.3) is 0 Å². The van der Waals surface area contributed by atoms with Crippen molar-refractivity contribution in [3.63, 3.8) is 0 Å². The Morgan fingerprint density at radius 2 is 1.84 bits per heavy atom. The maximum Gasteiger partial charge on any atom is 0.410 e. The van der Waals surface area contributed by atoms with Crippen LogP contribution >= 0.6 is 0 Å². The molecule has 2 atom stereocenters. The second kappa shape index (κ2) is 8.87. The summed E-state index contributed by atoms with van der Waals surface area (Å²) in [5.41, 5.74) is 1.10. The smallest absolute Gasteiger partial charge is 0.410 e. The number of carbonyl (C=O) groups is 1. The summed E-state index contributed by atoms with van der Waals surface area (Å²) in [5, 5.41) is 4.27. The van der Waals surface area contributed by atoms with Gasteiger partial charge in [-0.05, 0) is 52.9 Å². The van der Waals surface area contributed by atoms with E-state index in [-0.39, 0.29) is 12.1 Å². The third-order valence-corrected chi connectivity index (χ3v) is 7.13. The van der Waals surface area contributed by atoms with Crippen LogP contribution in [-0.4, -0.2) is 59.8 Å². The Labute approximate surface area is 179 Å². The van der Waals surface area contributed by atoms with Gasteiger partial charge in [0, 0.05) is 25.1 Å². The fraction of sp³-hybridized carbons (Fsp3) is 0.789. The van der Waals surface area contributed by atoms with Crippen LogP contribution in [0.2, 0.25) is 0 Å². The van der Waals surface area contributed by atoms with Crippen LogP contribution in [0.4, 0.5) is 18.0 Å². The van der Waals surface area contributed by atoms with Crippen LogP contribution < -0.4 is 4.18 Å². The Morgan fingerprint density at radius 1 is 1.19 bits per heavy atom. The number of fused-ring (bicyclic) bond motifs is 6. The number of alkyl halides is 3. The molecule has 1 amide bonds. The minimum atomic E-state index is -3.67. The van der Waals surface area contributed by atoms with Crippen LogP contribution in [0.5, 0.6) is 5.88 Å². The Hall–Kier alpha value is -1.98. The molecule has 0 spiro atoms. The summed E-state index contributed by atoms with van der Waals surface area (Å²) >= 11 is 0. The summed E-state index contributed by atoms with van der Waals surface area (Å²) in [6.07, 6.45) is 3.74. The average Bonchev–Trinajstić information content (AvgIpc) is 2.79. The van der Waals surface area contributed by atoms with Crippen molar-refractivity contribution in [2.75, 3.05) is 13.1 Å². The zero-order valence-corrected chi connectivity index (χ0v) is 18.6. The van der Waals surface area contributed by atoms with Crippen molar-refractivity contribution in [2.45, 2.75) is 82.9 Å². The van der Waals surface area contributed by atoms with E-state index in [9.17, 15) is 26.4 Å².